The van der Waals surface area contributed by atoms with E-state index in [1.54, 1.807) is 46.2 Å². The molecular weight excluding hydrogens is 522 g/mol. The second-order valence-electron chi connectivity index (χ2n) is 9.77. The average molecular weight is 550 g/mol. The number of halogens is 1. The number of aryl methyl sites for hydroxylation is 1. The smallest absolute Gasteiger partial charge is 0.317 e. The minimum atomic E-state index is -3.37. The second-order valence-corrected chi connectivity index (χ2v) is 12.2. The summed E-state index contributed by atoms with van der Waals surface area (Å²) in [4.78, 5) is 35.1. The Balaban J connectivity index is 1.68. The number of hydrogen-bond acceptors (Lipinski definition) is 5. The molecule has 0 aromatic heterocycles. The fourth-order valence-electron chi connectivity index (χ4n) is 5.08. The second kappa shape index (κ2) is 10.3. The van der Waals surface area contributed by atoms with Gasteiger partial charge in [-0.15, -0.1) is 0 Å². The zero-order valence-corrected chi connectivity index (χ0v) is 22.7. The Kier molecular flexibility index (Phi) is 7.11. The number of benzene rings is 3. The number of piperidine rings is 1. The molecule has 3 aromatic carbocycles. The third-order valence-electron chi connectivity index (χ3n) is 7.04. The number of sulfone groups is 1. The Hall–Kier alpha value is -3.49. The number of hydrogen-bond donors (Lipinski definition) is 0. The van der Waals surface area contributed by atoms with Crippen molar-refractivity contribution in [2.24, 2.45) is 4.99 Å². The number of Topliss-reactive ketones (excluding diaryl/α,β-unsaturated/α-hetero) is 1. The van der Waals surface area contributed by atoms with E-state index < -0.39 is 21.9 Å². The van der Waals surface area contributed by atoms with Gasteiger partial charge < -0.3 is 4.90 Å². The first-order valence-corrected chi connectivity index (χ1v) is 14.7. The molecule has 0 spiro atoms. The largest absolute Gasteiger partial charge is 0.326 e. The van der Waals surface area contributed by atoms with Gasteiger partial charge in [-0.1, -0.05) is 60.1 Å². The molecule has 196 valence electrons. The van der Waals surface area contributed by atoms with E-state index in [-0.39, 0.29) is 23.3 Å². The van der Waals surface area contributed by atoms with Crippen molar-refractivity contribution in [1.82, 2.24) is 9.80 Å². The lowest BCUT2D eigenvalue weighted by atomic mass is 9.93. The van der Waals surface area contributed by atoms with E-state index in [2.05, 4.69) is 0 Å². The molecule has 0 N–H and O–H groups in total. The molecule has 0 aliphatic carbocycles. The van der Waals surface area contributed by atoms with Crippen LogP contribution in [0.2, 0.25) is 5.02 Å². The topological polar surface area (TPSA) is 87.1 Å². The molecule has 1 saturated heterocycles. The lowest BCUT2D eigenvalue weighted by Gasteiger charge is -2.35. The zero-order valence-electron chi connectivity index (χ0n) is 21.2. The maximum absolute atomic E-state index is 14.2. The molecule has 7 nitrogen and oxygen atoms in total. The molecule has 2 aliphatic rings. The van der Waals surface area contributed by atoms with Gasteiger partial charge in [0.2, 0.25) is 0 Å². The molecule has 38 heavy (non-hydrogen) atoms. The Bertz CT molecular complexity index is 1520. The van der Waals surface area contributed by atoms with Crippen LogP contribution in [-0.2, 0) is 14.6 Å². The molecule has 0 saturated carbocycles. The Morgan fingerprint density at radius 3 is 2.26 bits per heavy atom. The first kappa shape index (κ1) is 26.1. The maximum Gasteiger partial charge on any atom is 0.326 e. The summed E-state index contributed by atoms with van der Waals surface area (Å²) in [5, 5.41) is 0.570. The van der Waals surface area contributed by atoms with Gasteiger partial charge in [0.25, 0.3) is 0 Å². The summed E-state index contributed by atoms with van der Waals surface area (Å²) in [5.74, 6) is 0.553. The minimum absolute atomic E-state index is 0.0362. The number of carbonyl (C=O) groups excluding carboxylic acids is 2. The molecule has 1 fully saturated rings. The van der Waals surface area contributed by atoms with Crippen LogP contribution in [0, 0.1) is 6.92 Å². The molecule has 5 rings (SSSR count). The van der Waals surface area contributed by atoms with E-state index in [9.17, 15) is 18.0 Å². The van der Waals surface area contributed by atoms with Crippen molar-refractivity contribution in [3.8, 4) is 0 Å². The first-order valence-electron chi connectivity index (χ1n) is 12.4. The molecule has 2 amide bonds. The standard InChI is InChI=1S/C29H28ClN3O4S/c1-19-6-3-4-8-25(19)28-31-26(20-11-15-24(16-12-20)38(2,36)37)27(21-9-13-22(30)14-10-21)33(28)29(35)32-17-5-7-23(34)18-32/h3-4,6,8-16,26-27H,5,7,17-18H2,1-2H3. The third kappa shape index (κ3) is 5.11. The van der Waals surface area contributed by atoms with Gasteiger partial charge in [-0.25, -0.2) is 13.2 Å². The maximum atomic E-state index is 14.2. The summed E-state index contributed by atoms with van der Waals surface area (Å²) in [6.07, 6.45) is 2.26. The van der Waals surface area contributed by atoms with Gasteiger partial charge in [-0.2, -0.15) is 0 Å². The van der Waals surface area contributed by atoms with Gasteiger partial charge in [0, 0.05) is 29.8 Å². The fraction of sp³-hybridized carbons (Fsp3) is 0.276. The highest BCUT2D eigenvalue weighted by Crippen LogP contribution is 2.44. The highest BCUT2D eigenvalue weighted by Gasteiger charge is 2.44. The van der Waals surface area contributed by atoms with Gasteiger partial charge in [0.1, 0.15) is 11.9 Å². The summed E-state index contributed by atoms with van der Waals surface area (Å²) in [6.45, 7) is 2.52. The van der Waals surface area contributed by atoms with Crippen LogP contribution in [0.3, 0.4) is 0 Å². The van der Waals surface area contributed by atoms with E-state index >= 15 is 0 Å². The quantitative estimate of drug-likeness (QED) is 0.437. The van der Waals surface area contributed by atoms with Crippen LogP contribution in [0.5, 0.6) is 0 Å². The van der Waals surface area contributed by atoms with E-state index in [1.807, 2.05) is 43.3 Å². The summed E-state index contributed by atoms with van der Waals surface area (Å²) >= 11 is 6.20. The SMILES string of the molecule is Cc1ccccc1C1=NC(c2ccc(S(C)(=O)=O)cc2)C(c2ccc(Cl)cc2)N1C(=O)N1CCCC(=O)C1. The molecular formula is C29H28ClN3O4S. The molecule has 2 heterocycles. The van der Waals surface area contributed by atoms with Gasteiger partial charge in [-0.05, 0) is 54.3 Å². The van der Waals surface area contributed by atoms with Crippen molar-refractivity contribution in [2.45, 2.75) is 36.7 Å². The summed E-state index contributed by atoms with van der Waals surface area (Å²) < 4.78 is 24.1. The van der Waals surface area contributed by atoms with Crippen molar-refractivity contribution in [3.05, 3.63) is 100 Å². The molecule has 2 atom stereocenters. The Morgan fingerprint density at radius 2 is 1.63 bits per heavy atom. The lowest BCUT2D eigenvalue weighted by molar-refractivity contribution is -0.121. The van der Waals surface area contributed by atoms with Crippen LogP contribution in [0.25, 0.3) is 0 Å². The molecule has 0 bridgehead atoms. The molecule has 0 radical (unpaired) electrons. The van der Waals surface area contributed by atoms with Crippen molar-refractivity contribution < 1.29 is 18.0 Å². The van der Waals surface area contributed by atoms with Gasteiger partial charge in [0.05, 0.1) is 17.5 Å². The number of rotatable bonds is 4. The Labute approximate surface area is 227 Å². The fourth-order valence-corrected chi connectivity index (χ4v) is 5.84. The molecule has 2 aliphatic heterocycles. The number of ketones is 1. The van der Waals surface area contributed by atoms with Crippen LogP contribution in [0.15, 0.2) is 82.7 Å². The van der Waals surface area contributed by atoms with Crippen molar-refractivity contribution in [2.75, 3.05) is 19.3 Å². The predicted molar refractivity (Wildman–Crippen MR) is 147 cm³/mol. The lowest BCUT2D eigenvalue weighted by Crippen LogP contribution is -2.50. The van der Waals surface area contributed by atoms with E-state index in [1.165, 1.54) is 6.26 Å². The van der Waals surface area contributed by atoms with E-state index in [4.69, 9.17) is 16.6 Å². The number of aliphatic imine (C=N–C) groups is 1. The number of nitrogens with zero attached hydrogens (tertiary/aromatic N) is 3. The first-order chi connectivity index (χ1) is 18.1. The van der Waals surface area contributed by atoms with Gasteiger partial charge in [0.15, 0.2) is 15.6 Å². The van der Waals surface area contributed by atoms with Crippen molar-refractivity contribution >= 4 is 39.1 Å². The predicted octanol–water partition coefficient (Wildman–Crippen LogP) is 5.38. The van der Waals surface area contributed by atoms with Crippen LogP contribution < -0.4 is 0 Å². The monoisotopic (exact) mass is 549 g/mol. The van der Waals surface area contributed by atoms with Crippen LogP contribution in [0.1, 0.15) is 47.2 Å². The van der Waals surface area contributed by atoms with Crippen molar-refractivity contribution in [3.63, 3.8) is 0 Å². The summed E-state index contributed by atoms with van der Waals surface area (Å²) in [6, 6.07) is 20.4. The molecule has 3 aromatic rings. The van der Waals surface area contributed by atoms with Crippen molar-refractivity contribution in [1.29, 1.82) is 0 Å². The normalized spacial score (nSPS) is 20.0. The highest BCUT2D eigenvalue weighted by atomic mass is 35.5. The third-order valence-corrected chi connectivity index (χ3v) is 8.42. The number of amides is 2. The van der Waals surface area contributed by atoms with Gasteiger partial charge in [-0.3, -0.25) is 14.7 Å². The van der Waals surface area contributed by atoms with Gasteiger partial charge >= 0.3 is 6.03 Å². The number of amidine groups is 1. The number of carbonyl (C=O) groups is 2. The average Bonchev–Trinajstić information content (AvgIpc) is 3.29. The van der Waals surface area contributed by atoms with Crippen LogP contribution in [0.4, 0.5) is 4.79 Å². The number of likely N-dealkylation sites (tertiary alicyclic amines) is 1. The molecule has 2 unspecified atom stereocenters. The summed E-state index contributed by atoms with van der Waals surface area (Å²) in [7, 11) is -3.37. The number of urea groups is 1. The van der Waals surface area contributed by atoms with Crippen LogP contribution in [-0.4, -0.2) is 55.2 Å². The highest BCUT2D eigenvalue weighted by molar-refractivity contribution is 7.90. The summed E-state index contributed by atoms with van der Waals surface area (Å²) in [5.41, 5.74) is 3.38. The zero-order chi connectivity index (χ0) is 27.0. The van der Waals surface area contributed by atoms with E-state index in [0.717, 1.165) is 22.3 Å². The van der Waals surface area contributed by atoms with Crippen LogP contribution >= 0.6 is 11.6 Å². The molecule has 9 heteroatoms. The Morgan fingerprint density at radius 1 is 0.974 bits per heavy atom. The van der Waals surface area contributed by atoms with E-state index in [0.29, 0.717) is 30.2 Å². The minimum Gasteiger partial charge on any atom is -0.317 e.